The zero-order valence-corrected chi connectivity index (χ0v) is 12.4. The molecule has 2 fully saturated rings. The summed E-state index contributed by atoms with van der Waals surface area (Å²) in [7, 11) is 0. The van der Waals surface area contributed by atoms with E-state index in [4.69, 9.17) is 5.73 Å². The highest BCUT2D eigenvalue weighted by Gasteiger charge is 2.54. The first-order chi connectivity index (χ1) is 9.54. The smallest absolute Gasteiger partial charge is 0.233 e. The number of hydrogen-bond acceptors (Lipinski definition) is 2. The number of nitrogen functional groups attached to an aromatic ring is 1. The van der Waals surface area contributed by atoms with Crippen LogP contribution in [0.3, 0.4) is 0 Å². The Hall–Kier alpha value is -1.51. The summed E-state index contributed by atoms with van der Waals surface area (Å²) in [5.41, 5.74) is 7.41. The topological polar surface area (TPSA) is 46.3 Å². The van der Waals surface area contributed by atoms with Gasteiger partial charge >= 0.3 is 0 Å². The van der Waals surface area contributed by atoms with Crippen LogP contribution in [0.15, 0.2) is 24.3 Å². The van der Waals surface area contributed by atoms with Crippen LogP contribution in [0.4, 0.5) is 5.69 Å². The lowest BCUT2D eigenvalue weighted by molar-refractivity contribution is -0.138. The number of nitrogens with two attached hydrogens (primary N) is 1. The molecular weight excluding hydrogens is 248 g/mol. The molecule has 2 atom stereocenters. The fourth-order valence-corrected chi connectivity index (χ4v) is 3.45. The second kappa shape index (κ2) is 4.80. The van der Waals surface area contributed by atoms with Crippen molar-refractivity contribution in [1.82, 2.24) is 4.90 Å². The minimum atomic E-state index is -0.251. The number of benzene rings is 1. The molecule has 2 N–H and O–H groups in total. The molecule has 1 heterocycles. The zero-order chi connectivity index (χ0) is 14.3. The molecule has 1 aromatic carbocycles. The van der Waals surface area contributed by atoms with Crippen LogP contribution in [0.5, 0.6) is 0 Å². The van der Waals surface area contributed by atoms with Gasteiger partial charge in [0.2, 0.25) is 5.91 Å². The van der Waals surface area contributed by atoms with E-state index < -0.39 is 0 Å². The van der Waals surface area contributed by atoms with Gasteiger partial charge in [-0.2, -0.15) is 0 Å². The Morgan fingerprint density at radius 3 is 2.50 bits per heavy atom. The van der Waals surface area contributed by atoms with E-state index in [-0.39, 0.29) is 5.41 Å². The van der Waals surface area contributed by atoms with Crippen molar-refractivity contribution in [3.8, 4) is 0 Å². The molecular formula is C17H24N2O. The molecule has 0 spiro atoms. The minimum absolute atomic E-state index is 0.251. The third kappa shape index (κ3) is 2.09. The van der Waals surface area contributed by atoms with Crippen molar-refractivity contribution in [2.24, 2.45) is 5.92 Å². The Morgan fingerprint density at radius 2 is 1.90 bits per heavy atom. The summed E-state index contributed by atoms with van der Waals surface area (Å²) in [5, 5.41) is 0. The number of carbonyl (C=O) groups excluding carboxylic acids is 1. The van der Waals surface area contributed by atoms with Gasteiger partial charge in [0.25, 0.3) is 0 Å². The second-order valence-electron chi connectivity index (χ2n) is 6.56. The van der Waals surface area contributed by atoms with E-state index in [1.165, 1.54) is 6.42 Å². The predicted molar refractivity (Wildman–Crippen MR) is 81.3 cm³/mol. The summed E-state index contributed by atoms with van der Waals surface area (Å²) >= 11 is 0. The number of hydrogen-bond donors (Lipinski definition) is 1. The van der Waals surface area contributed by atoms with Crippen molar-refractivity contribution in [1.29, 1.82) is 0 Å². The quantitative estimate of drug-likeness (QED) is 0.841. The van der Waals surface area contributed by atoms with Crippen molar-refractivity contribution in [3.05, 3.63) is 29.8 Å². The lowest BCUT2D eigenvalue weighted by atomic mass is 9.88. The average Bonchev–Trinajstić information content (AvgIpc) is 3.23. The van der Waals surface area contributed by atoms with Crippen LogP contribution in [0, 0.1) is 5.92 Å². The van der Waals surface area contributed by atoms with E-state index in [9.17, 15) is 4.79 Å². The van der Waals surface area contributed by atoms with E-state index in [0.717, 1.165) is 37.1 Å². The average molecular weight is 272 g/mol. The van der Waals surface area contributed by atoms with Gasteiger partial charge < -0.3 is 10.6 Å². The third-order valence-electron chi connectivity index (χ3n) is 5.26. The minimum Gasteiger partial charge on any atom is -0.399 e. The fourth-order valence-electron chi connectivity index (χ4n) is 3.45. The highest BCUT2D eigenvalue weighted by atomic mass is 16.2. The highest BCUT2D eigenvalue weighted by Crippen LogP contribution is 2.50. The molecule has 3 rings (SSSR count). The number of rotatable bonds is 2. The van der Waals surface area contributed by atoms with E-state index in [1.54, 1.807) is 0 Å². The van der Waals surface area contributed by atoms with E-state index >= 15 is 0 Å². The molecule has 1 saturated heterocycles. The Bertz CT molecular complexity index is 504. The van der Waals surface area contributed by atoms with Crippen LogP contribution in [-0.2, 0) is 10.2 Å². The van der Waals surface area contributed by atoms with Crippen molar-refractivity contribution in [2.45, 2.75) is 51.0 Å². The lowest BCUT2D eigenvalue weighted by Crippen LogP contribution is -2.50. The Labute approximate surface area is 121 Å². The molecule has 0 aromatic heterocycles. The molecule has 1 amide bonds. The molecule has 2 unspecified atom stereocenters. The molecule has 1 saturated carbocycles. The van der Waals surface area contributed by atoms with Gasteiger partial charge in [-0.25, -0.2) is 0 Å². The highest BCUT2D eigenvalue weighted by molar-refractivity contribution is 5.91. The monoisotopic (exact) mass is 272 g/mol. The molecule has 1 aliphatic heterocycles. The van der Waals surface area contributed by atoms with Crippen molar-refractivity contribution >= 4 is 11.6 Å². The summed E-state index contributed by atoms with van der Waals surface area (Å²) in [5.74, 6) is 0.941. The van der Waals surface area contributed by atoms with Gasteiger partial charge in [-0.05, 0) is 56.2 Å². The summed E-state index contributed by atoms with van der Waals surface area (Å²) in [6.45, 7) is 5.37. The lowest BCUT2D eigenvalue weighted by Gasteiger charge is -2.40. The van der Waals surface area contributed by atoms with Gasteiger partial charge in [0.05, 0.1) is 5.41 Å². The zero-order valence-electron chi connectivity index (χ0n) is 12.4. The Kier molecular flexibility index (Phi) is 3.23. The van der Waals surface area contributed by atoms with Crippen LogP contribution >= 0.6 is 0 Å². The first kappa shape index (κ1) is 13.5. The fraction of sp³-hybridized carbons (Fsp3) is 0.588. The Balaban J connectivity index is 1.84. The van der Waals surface area contributed by atoms with E-state index in [2.05, 4.69) is 18.7 Å². The first-order valence-corrected chi connectivity index (χ1v) is 7.72. The summed E-state index contributed by atoms with van der Waals surface area (Å²) in [6, 6.07) is 8.23. The third-order valence-corrected chi connectivity index (χ3v) is 5.26. The normalized spacial score (nSPS) is 28.2. The van der Waals surface area contributed by atoms with E-state index in [0.29, 0.717) is 17.9 Å². The molecule has 1 aromatic rings. The predicted octanol–water partition coefficient (Wildman–Crippen LogP) is 2.95. The number of piperidine rings is 1. The molecule has 3 nitrogen and oxygen atoms in total. The number of nitrogens with zero attached hydrogens (tertiary/aromatic N) is 1. The molecule has 3 heteroatoms. The number of likely N-dealkylation sites (tertiary alicyclic amines) is 1. The van der Waals surface area contributed by atoms with E-state index in [1.807, 2.05) is 24.3 Å². The maximum Gasteiger partial charge on any atom is 0.233 e. The molecule has 1 aliphatic carbocycles. The van der Waals surface area contributed by atoms with Crippen LogP contribution in [0.2, 0.25) is 0 Å². The van der Waals surface area contributed by atoms with Gasteiger partial charge in [-0.1, -0.05) is 19.1 Å². The summed E-state index contributed by atoms with van der Waals surface area (Å²) in [6.07, 6.45) is 4.33. The number of amides is 1. The molecule has 108 valence electrons. The maximum atomic E-state index is 13.0. The maximum absolute atomic E-state index is 13.0. The molecule has 20 heavy (non-hydrogen) atoms. The van der Waals surface area contributed by atoms with Gasteiger partial charge in [0, 0.05) is 18.3 Å². The van der Waals surface area contributed by atoms with Crippen LogP contribution < -0.4 is 5.73 Å². The Morgan fingerprint density at radius 1 is 1.25 bits per heavy atom. The molecule has 0 bridgehead atoms. The van der Waals surface area contributed by atoms with Crippen LogP contribution in [0.25, 0.3) is 0 Å². The van der Waals surface area contributed by atoms with Gasteiger partial charge in [-0.15, -0.1) is 0 Å². The first-order valence-electron chi connectivity index (χ1n) is 7.72. The van der Waals surface area contributed by atoms with Gasteiger partial charge in [0.15, 0.2) is 0 Å². The standard InChI is InChI=1S/C17H24N2O/c1-12-4-3-11-19(13(12)2)16(20)17(9-10-17)14-5-7-15(18)8-6-14/h5-8,12-13H,3-4,9-11,18H2,1-2H3. The summed E-state index contributed by atoms with van der Waals surface area (Å²) < 4.78 is 0. The molecule has 0 radical (unpaired) electrons. The van der Waals surface area contributed by atoms with Crippen molar-refractivity contribution in [3.63, 3.8) is 0 Å². The number of carbonyl (C=O) groups is 1. The second-order valence-corrected chi connectivity index (χ2v) is 6.56. The largest absolute Gasteiger partial charge is 0.399 e. The summed E-state index contributed by atoms with van der Waals surface area (Å²) in [4.78, 5) is 15.1. The molecule has 2 aliphatic rings. The number of anilines is 1. The van der Waals surface area contributed by atoms with Crippen molar-refractivity contribution < 1.29 is 4.79 Å². The van der Waals surface area contributed by atoms with Gasteiger partial charge in [0.1, 0.15) is 0 Å². The van der Waals surface area contributed by atoms with Crippen LogP contribution in [-0.4, -0.2) is 23.4 Å². The van der Waals surface area contributed by atoms with Crippen molar-refractivity contribution in [2.75, 3.05) is 12.3 Å². The van der Waals surface area contributed by atoms with Gasteiger partial charge in [-0.3, -0.25) is 4.79 Å². The SMILES string of the molecule is CC1CCCN(C(=O)C2(c3ccc(N)cc3)CC2)C1C. The van der Waals surface area contributed by atoms with Crippen LogP contribution in [0.1, 0.15) is 45.1 Å².